The summed E-state index contributed by atoms with van der Waals surface area (Å²) in [5.41, 5.74) is -1.33. The van der Waals surface area contributed by atoms with Crippen molar-refractivity contribution in [1.29, 1.82) is 0 Å². The van der Waals surface area contributed by atoms with Crippen LogP contribution >= 0.6 is 0 Å². The van der Waals surface area contributed by atoms with Gasteiger partial charge in [-0.2, -0.15) is 0 Å². The van der Waals surface area contributed by atoms with Gasteiger partial charge < -0.3 is 14.2 Å². The van der Waals surface area contributed by atoms with Crippen LogP contribution in [-0.4, -0.2) is 47.5 Å². The maximum atomic E-state index is 12.3. The van der Waals surface area contributed by atoms with Crippen LogP contribution in [0.3, 0.4) is 0 Å². The van der Waals surface area contributed by atoms with Crippen LogP contribution in [-0.2, 0) is 14.2 Å². The number of hydrogen-bond acceptors (Lipinski definition) is 5. The fourth-order valence-corrected chi connectivity index (χ4v) is 1.94. The predicted molar refractivity (Wildman–Crippen MR) is 78.1 cm³/mol. The quantitative estimate of drug-likeness (QED) is 0.782. The summed E-state index contributed by atoms with van der Waals surface area (Å²) >= 11 is 0. The number of imide groups is 1. The van der Waals surface area contributed by atoms with Gasteiger partial charge in [0.1, 0.15) is 11.2 Å². The van der Waals surface area contributed by atoms with Gasteiger partial charge in [0.15, 0.2) is 0 Å². The van der Waals surface area contributed by atoms with Crippen molar-refractivity contribution in [2.45, 2.75) is 77.7 Å². The number of rotatable bonds is 2. The van der Waals surface area contributed by atoms with E-state index in [1.54, 1.807) is 48.7 Å². The molecule has 0 heterocycles. The fraction of sp³-hybridized carbons (Fsp3) is 0.867. The molecule has 0 aromatic carbocycles. The average Bonchev–Trinajstić information content (AvgIpc) is 2.16. The van der Waals surface area contributed by atoms with Crippen LogP contribution in [0.5, 0.6) is 0 Å². The lowest BCUT2D eigenvalue weighted by Gasteiger charge is -2.41. The summed E-state index contributed by atoms with van der Waals surface area (Å²) in [6, 6.07) is -0.236. The third-order valence-corrected chi connectivity index (χ3v) is 2.95. The Morgan fingerprint density at radius 1 is 0.905 bits per heavy atom. The summed E-state index contributed by atoms with van der Waals surface area (Å²) in [6.07, 6.45) is -0.0563. The van der Waals surface area contributed by atoms with E-state index in [-0.39, 0.29) is 12.1 Å². The van der Waals surface area contributed by atoms with Crippen molar-refractivity contribution in [2.24, 2.45) is 0 Å². The van der Waals surface area contributed by atoms with E-state index in [9.17, 15) is 9.59 Å². The molecule has 1 fully saturated rings. The van der Waals surface area contributed by atoms with E-state index in [1.807, 2.05) is 0 Å². The molecule has 122 valence electrons. The Bertz CT molecular complexity index is 360. The summed E-state index contributed by atoms with van der Waals surface area (Å²) in [4.78, 5) is 25.6. The molecule has 0 unspecified atom stereocenters. The van der Waals surface area contributed by atoms with Gasteiger partial charge in [0.2, 0.25) is 0 Å². The Morgan fingerprint density at radius 3 is 1.57 bits per heavy atom. The highest BCUT2D eigenvalue weighted by atomic mass is 16.6. The van der Waals surface area contributed by atoms with Gasteiger partial charge in [0.05, 0.1) is 12.1 Å². The largest absolute Gasteiger partial charge is 0.443 e. The number of nitrogens with zero attached hydrogens (tertiary/aromatic N) is 1. The standard InChI is InChI=1S/C15H27NO5/c1-14(2,3)20-12(17)16(10-8-11(9-10)19-7)13(18)21-15(4,5)6/h10-11H,8-9H2,1-7H3. The molecule has 0 saturated heterocycles. The van der Waals surface area contributed by atoms with Crippen LogP contribution in [0.1, 0.15) is 54.4 Å². The summed E-state index contributed by atoms with van der Waals surface area (Å²) < 4.78 is 15.8. The molecule has 0 radical (unpaired) electrons. The summed E-state index contributed by atoms with van der Waals surface area (Å²) in [5.74, 6) is 0. The van der Waals surface area contributed by atoms with E-state index < -0.39 is 23.4 Å². The number of amides is 2. The second kappa shape index (κ2) is 6.22. The maximum Gasteiger partial charge on any atom is 0.420 e. The minimum atomic E-state index is -0.670. The second-order valence-electron chi connectivity index (χ2n) is 7.31. The van der Waals surface area contributed by atoms with E-state index >= 15 is 0 Å². The first-order valence-electron chi connectivity index (χ1n) is 7.21. The lowest BCUT2D eigenvalue weighted by atomic mass is 9.88. The smallest absolute Gasteiger partial charge is 0.420 e. The normalized spacial score (nSPS) is 22.2. The molecule has 2 amide bonds. The fourth-order valence-electron chi connectivity index (χ4n) is 1.94. The Balaban J connectivity index is 2.80. The molecular formula is C15H27NO5. The molecule has 21 heavy (non-hydrogen) atoms. The van der Waals surface area contributed by atoms with Crippen LogP contribution in [0.2, 0.25) is 0 Å². The van der Waals surface area contributed by atoms with Gasteiger partial charge in [-0.25, -0.2) is 14.5 Å². The minimum absolute atomic E-state index is 0.0716. The number of carbonyl (C=O) groups is 2. The van der Waals surface area contributed by atoms with E-state index in [2.05, 4.69) is 0 Å². The SMILES string of the molecule is COC1CC(N(C(=O)OC(C)(C)C)C(=O)OC(C)(C)C)C1. The Kier molecular flexibility index (Phi) is 5.25. The average molecular weight is 301 g/mol. The van der Waals surface area contributed by atoms with Crippen molar-refractivity contribution in [3.05, 3.63) is 0 Å². The lowest BCUT2D eigenvalue weighted by Crippen LogP contribution is -2.55. The zero-order valence-electron chi connectivity index (χ0n) is 14.1. The van der Waals surface area contributed by atoms with E-state index in [0.717, 1.165) is 4.90 Å². The first-order valence-corrected chi connectivity index (χ1v) is 7.21. The molecule has 1 saturated carbocycles. The molecule has 0 bridgehead atoms. The van der Waals surface area contributed by atoms with Gasteiger partial charge in [0, 0.05) is 7.11 Å². The molecule has 0 atom stereocenters. The highest BCUT2D eigenvalue weighted by molar-refractivity contribution is 5.88. The van der Waals surface area contributed by atoms with Crippen molar-refractivity contribution in [2.75, 3.05) is 7.11 Å². The molecule has 0 aromatic rings. The number of ether oxygens (including phenoxy) is 3. The molecule has 0 spiro atoms. The molecule has 6 heteroatoms. The van der Waals surface area contributed by atoms with Crippen molar-refractivity contribution < 1.29 is 23.8 Å². The topological polar surface area (TPSA) is 65.1 Å². The van der Waals surface area contributed by atoms with E-state index in [4.69, 9.17) is 14.2 Å². The number of hydrogen-bond donors (Lipinski definition) is 0. The van der Waals surface area contributed by atoms with Gasteiger partial charge in [-0.05, 0) is 54.4 Å². The van der Waals surface area contributed by atoms with E-state index in [1.165, 1.54) is 0 Å². The third kappa shape index (κ3) is 5.53. The van der Waals surface area contributed by atoms with Crippen molar-refractivity contribution in [3.63, 3.8) is 0 Å². The highest BCUT2D eigenvalue weighted by Gasteiger charge is 2.43. The van der Waals surface area contributed by atoms with Gasteiger partial charge in [0.25, 0.3) is 0 Å². The first-order chi connectivity index (χ1) is 9.43. The zero-order chi connectivity index (χ0) is 16.4. The molecule has 0 aliphatic heterocycles. The molecule has 1 rings (SSSR count). The lowest BCUT2D eigenvalue weighted by molar-refractivity contribution is -0.0481. The Morgan fingerprint density at radius 2 is 1.29 bits per heavy atom. The van der Waals surface area contributed by atoms with Crippen LogP contribution in [0, 0.1) is 0 Å². The van der Waals surface area contributed by atoms with Gasteiger partial charge in [-0.3, -0.25) is 0 Å². The summed E-state index contributed by atoms with van der Waals surface area (Å²) in [6.45, 7) is 10.6. The number of carbonyl (C=O) groups excluding carboxylic acids is 2. The van der Waals surface area contributed by atoms with Gasteiger partial charge >= 0.3 is 12.2 Å². The van der Waals surface area contributed by atoms with Crippen LogP contribution < -0.4 is 0 Å². The van der Waals surface area contributed by atoms with Crippen LogP contribution in [0.15, 0.2) is 0 Å². The maximum absolute atomic E-state index is 12.3. The van der Waals surface area contributed by atoms with Crippen molar-refractivity contribution in [3.8, 4) is 0 Å². The molecule has 0 N–H and O–H groups in total. The number of methoxy groups -OCH3 is 1. The van der Waals surface area contributed by atoms with Gasteiger partial charge in [-0.15, -0.1) is 0 Å². The van der Waals surface area contributed by atoms with Crippen molar-refractivity contribution >= 4 is 12.2 Å². The molecular weight excluding hydrogens is 274 g/mol. The zero-order valence-corrected chi connectivity index (χ0v) is 14.1. The second-order valence-corrected chi connectivity index (χ2v) is 7.31. The first kappa shape index (κ1) is 17.8. The molecule has 0 aromatic heterocycles. The third-order valence-electron chi connectivity index (χ3n) is 2.95. The van der Waals surface area contributed by atoms with Crippen LogP contribution in [0.4, 0.5) is 9.59 Å². The Hall–Kier alpha value is -1.30. The van der Waals surface area contributed by atoms with Crippen LogP contribution in [0.25, 0.3) is 0 Å². The summed E-state index contributed by atoms with van der Waals surface area (Å²) in [5, 5.41) is 0. The Labute approximate surface area is 126 Å². The summed E-state index contributed by atoms with van der Waals surface area (Å²) in [7, 11) is 1.62. The molecule has 1 aliphatic rings. The minimum Gasteiger partial charge on any atom is -0.443 e. The predicted octanol–water partition coefficient (Wildman–Crippen LogP) is 3.34. The monoisotopic (exact) mass is 301 g/mol. The molecule has 1 aliphatic carbocycles. The molecule has 6 nitrogen and oxygen atoms in total. The van der Waals surface area contributed by atoms with Gasteiger partial charge in [-0.1, -0.05) is 0 Å². The van der Waals surface area contributed by atoms with E-state index in [0.29, 0.717) is 12.8 Å². The highest BCUT2D eigenvalue weighted by Crippen LogP contribution is 2.30. The van der Waals surface area contributed by atoms with Crippen molar-refractivity contribution in [1.82, 2.24) is 4.90 Å².